The first kappa shape index (κ1) is 21.4. The van der Waals surface area contributed by atoms with Crippen LogP contribution in [0, 0.1) is 0 Å². The molecular formula is C19H22N2O6S. The topological polar surface area (TPSA) is 111 Å². The van der Waals surface area contributed by atoms with E-state index in [1.165, 1.54) is 45.2 Å². The normalized spacial score (nSPS) is 13.2. The Balaban J connectivity index is 1.94. The molecule has 1 unspecified atom stereocenters. The summed E-state index contributed by atoms with van der Waals surface area (Å²) in [5, 5.41) is 2.60. The van der Waals surface area contributed by atoms with Gasteiger partial charge in [-0.15, -0.1) is 0 Å². The van der Waals surface area contributed by atoms with Crippen LogP contribution >= 0.6 is 0 Å². The monoisotopic (exact) mass is 406 g/mol. The summed E-state index contributed by atoms with van der Waals surface area (Å²) in [5.74, 6) is -0.887. The Morgan fingerprint density at radius 3 is 2.14 bits per heavy atom. The van der Waals surface area contributed by atoms with E-state index in [0.29, 0.717) is 11.4 Å². The number of ether oxygens (including phenoxy) is 2. The lowest BCUT2D eigenvalue weighted by molar-refractivity contribution is -0.154. The van der Waals surface area contributed by atoms with Crippen LogP contribution in [0.5, 0.6) is 5.75 Å². The Hall–Kier alpha value is -2.91. The molecule has 150 valence electrons. The zero-order valence-electron chi connectivity index (χ0n) is 15.7. The Kier molecular flexibility index (Phi) is 7.13. The molecule has 0 aliphatic carbocycles. The minimum Gasteiger partial charge on any atom is -0.497 e. The summed E-state index contributed by atoms with van der Waals surface area (Å²) in [6.45, 7) is 2.74. The molecule has 0 aliphatic heterocycles. The van der Waals surface area contributed by atoms with Crippen molar-refractivity contribution in [3.05, 3.63) is 54.6 Å². The molecule has 9 heteroatoms. The van der Waals surface area contributed by atoms with Crippen molar-refractivity contribution in [3.8, 4) is 5.75 Å². The van der Waals surface area contributed by atoms with Gasteiger partial charge in [0.15, 0.2) is 6.10 Å². The van der Waals surface area contributed by atoms with E-state index in [9.17, 15) is 18.0 Å². The summed E-state index contributed by atoms with van der Waals surface area (Å²) in [5.41, 5.74) is 0.559. The van der Waals surface area contributed by atoms with E-state index in [1.807, 2.05) is 0 Å². The van der Waals surface area contributed by atoms with Crippen molar-refractivity contribution >= 4 is 27.6 Å². The highest BCUT2D eigenvalue weighted by Crippen LogP contribution is 2.16. The number of para-hydroxylation sites is 1. The molecule has 2 rings (SSSR count). The van der Waals surface area contributed by atoms with E-state index < -0.39 is 34.0 Å². The first-order valence-electron chi connectivity index (χ1n) is 8.45. The molecule has 2 N–H and O–H groups in total. The average molecular weight is 406 g/mol. The smallest absolute Gasteiger partial charge is 0.324 e. The molecule has 0 aliphatic rings. The molecule has 0 aromatic heterocycles. The highest BCUT2D eigenvalue weighted by Gasteiger charge is 2.26. The van der Waals surface area contributed by atoms with Crippen molar-refractivity contribution in [2.24, 2.45) is 0 Å². The van der Waals surface area contributed by atoms with E-state index in [1.54, 1.807) is 30.3 Å². The SMILES string of the molecule is COc1ccc(S(=O)(=O)N[C@@H](C)C(=O)OC(C)C(=O)Nc2ccccc2)cc1. The van der Waals surface area contributed by atoms with Crippen molar-refractivity contribution in [3.63, 3.8) is 0 Å². The summed E-state index contributed by atoms with van der Waals surface area (Å²) in [6, 6.07) is 13.2. The van der Waals surface area contributed by atoms with E-state index in [-0.39, 0.29) is 4.90 Å². The Bertz CT molecular complexity index is 913. The molecule has 0 saturated heterocycles. The number of carbonyl (C=O) groups is 2. The van der Waals surface area contributed by atoms with E-state index >= 15 is 0 Å². The predicted octanol–water partition coefficient (Wildman–Crippen LogP) is 1.93. The maximum atomic E-state index is 12.4. The van der Waals surface area contributed by atoms with Gasteiger partial charge in [0.1, 0.15) is 11.8 Å². The summed E-state index contributed by atoms with van der Waals surface area (Å²) in [7, 11) is -2.47. The molecule has 2 aromatic carbocycles. The second-order valence-corrected chi connectivity index (χ2v) is 7.67. The number of rotatable bonds is 8. The zero-order chi connectivity index (χ0) is 20.7. The molecule has 0 saturated carbocycles. The van der Waals surface area contributed by atoms with Crippen molar-refractivity contribution in [2.75, 3.05) is 12.4 Å². The molecule has 1 amide bonds. The first-order chi connectivity index (χ1) is 13.2. The summed E-state index contributed by atoms with van der Waals surface area (Å²) < 4.78 is 37.0. The van der Waals surface area contributed by atoms with E-state index in [0.717, 1.165) is 0 Å². The fourth-order valence-electron chi connectivity index (χ4n) is 2.20. The van der Waals surface area contributed by atoms with Crippen LogP contribution in [-0.4, -0.2) is 39.5 Å². The van der Waals surface area contributed by atoms with Crippen LogP contribution in [0.15, 0.2) is 59.5 Å². The third-order valence-corrected chi connectivity index (χ3v) is 5.32. The maximum Gasteiger partial charge on any atom is 0.324 e. The van der Waals surface area contributed by atoms with Crippen molar-refractivity contribution in [1.82, 2.24) is 4.72 Å². The summed E-state index contributed by atoms with van der Waals surface area (Å²) in [4.78, 5) is 24.2. The molecule has 2 atom stereocenters. The number of anilines is 1. The Morgan fingerprint density at radius 2 is 1.57 bits per heavy atom. The third-order valence-electron chi connectivity index (χ3n) is 3.76. The van der Waals surface area contributed by atoms with Gasteiger partial charge in [-0.2, -0.15) is 4.72 Å². The minimum absolute atomic E-state index is 0.0252. The number of carbonyl (C=O) groups excluding carboxylic acids is 2. The van der Waals surface area contributed by atoms with Gasteiger partial charge < -0.3 is 14.8 Å². The van der Waals surface area contributed by atoms with Gasteiger partial charge in [-0.3, -0.25) is 9.59 Å². The lowest BCUT2D eigenvalue weighted by atomic mass is 10.3. The number of sulfonamides is 1. The van der Waals surface area contributed by atoms with Crippen LogP contribution < -0.4 is 14.8 Å². The van der Waals surface area contributed by atoms with E-state index in [2.05, 4.69) is 10.0 Å². The summed E-state index contributed by atoms with van der Waals surface area (Å²) >= 11 is 0. The van der Waals surface area contributed by atoms with Gasteiger partial charge in [-0.25, -0.2) is 8.42 Å². The molecule has 8 nitrogen and oxygen atoms in total. The molecule has 0 fully saturated rings. The van der Waals surface area contributed by atoms with Gasteiger partial charge in [0, 0.05) is 5.69 Å². The number of hydrogen-bond donors (Lipinski definition) is 2. The third kappa shape index (κ3) is 5.80. The van der Waals surface area contributed by atoms with E-state index in [4.69, 9.17) is 9.47 Å². The first-order valence-corrected chi connectivity index (χ1v) is 9.94. The molecule has 0 spiro atoms. The lowest BCUT2D eigenvalue weighted by Gasteiger charge is -2.17. The minimum atomic E-state index is -3.94. The predicted molar refractivity (Wildman–Crippen MR) is 103 cm³/mol. The zero-order valence-corrected chi connectivity index (χ0v) is 16.5. The standard InChI is InChI=1S/C19H22N2O6S/c1-13(21-28(24,25)17-11-9-16(26-3)10-12-17)19(23)27-14(2)18(22)20-15-7-5-4-6-8-15/h4-14,21H,1-3H3,(H,20,22)/t13-,14?/m0/s1. The number of esters is 1. The summed E-state index contributed by atoms with van der Waals surface area (Å²) in [6.07, 6.45) is -1.10. The van der Waals surface area contributed by atoms with Crippen LogP contribution in [0.2, 0.25) is 0 Å². The van der Waals surface area contributed by atoms with Crippen molar-refractivity contribution in [2.45, 2.75) is 30.9 Å². The Labute approximate surface area is 163 Å². The van der Waals surface area contributed by atoms with Crippen molar-refractivity contribution < 1.29 is 27.5 Å². The van der Waals surface area contributed by atoms with Crippen molar-refractivity contribution in [1.29, 1.82) is 0 Å². The van der Waals surface area contributed by atoms with Gasteiger partial charge in [0.05, 0.1) is 12.0 Å². The van der Waals surface area contributed by atoms with Crippen LogP contribution in [0.1, 0.15) is 13.8 Å². The van der Waals surface area contributed by atoms with Gasteiger partial charge >= 0.3 is 5.97 Å². The number of amides is 1. The largest absolute Gasteiger partial charge is 0.497 e. The highest BCUT2D eigenvalue weighted by atomic mass is 32.2. The second kappa shape index (κ2) is 9.34. The maximum absolute atomic E-state index is 12.4. The Morgan fingerprint density at radius 1 is 0.964 bits per heavy atom. The molecule has 28 heavy (non-hydrogen) atoms. The van der Waals surface area contributed by atoms with Gasteiger partial charge in [-0.1, -0.05) is 18.2 Å². The van der Waals surface area contributed by atoms with Gasteiger partial charge in [0.2, 0.25) is 10.0 Å². The van der Waals surface area contributed by atoms with Crippen LogP contribution in [0.25, 0.3) is 0 Å². The number of methoxy groups -OCH3 is 1. The highest BCUT2D eigenvalue weighted by molar-refractivity contribution is 7.89. The van der Waals surface area contributed by atoms with Gasteiger partial charge in [0.25, 0.3) is 5.91 Å². The molecule has 0 heterocycles. The molecule has 2 aromatic rings. The number of nitrogens with one attached hydrogen (secondary N) is 2. The number of hydrogen-bond acceptors (Lipinski definition) is 6. The second-order valence-electron chi connectivity index (χ2n) is 5.95. The molecule has 0 bridgehead atoms. The number of benzene rings is 2. The van der Waals surface area contributed by atoms with Crippen LogP contribution in [0.3, 0.4) is 0 Å². The fraction of sp³-hybridized carbons (Fsp3) is 0.263. The van der Waals surface area contributed by atoms with Crippen LogP contribution in [0.4, 0.5) is 5.69 Å². The molecule has 0 radical (unpaired) electrons. The molecular weight excluding hydrogens is 384 g/mol. The fourth-order valence-corrected chi connectivity index (χ4v) is 3.39. The quantitative estimate of drug-likeness (QED) is 0.648. The lowest BCUT2D eigenvalue weighted by Crippen LogP contribution is -2.42. The van der Waals surface area contributed by atoms with Gasteiger partial charge in [-0.05, 0) is 50.2 Å². The average Bonchev–Trinajstić information content (AvgIpc) is 2.68. The van der Waals surface area contributed by atoms with Crippen LogP contribution in [-0.2, 0) is 24.3 Å².